The Bertz CT molecular complexity index is 1240. The minimum atomic E-state index is -0.571. The maximum atomic E-state index is 12.3. The van der Waals surface area contributed by atoms with Crippen LogP contribution in [0.25, 0.3) is 21.2 Å². The first-order valence-corrected chi connectivity index (χ1v) is 10.3. The van der Waals surface area contributed by atoms with Crippen LogP contribution in [0, 0.1) is 0 Å². The van der Waals surface area contributed by atoms with Gasteiger partial charge in [0.05, 0.1) is 24.2 Å². The number of thiophene rings is 1. The van der Waals surface area contributed by atoms with Crippen molar-refractivity contribution in [1.82, 2.24) is 14.9 Å². The van der Waals surface area contributed by atoms with E-state index in [2.05, 4.69) is 10.3 Å². The second kappa shape index (κ2) is 8.50. The molecule has 0 fully saturated rings. The van der Waals surface area contributed by atoms with Crippen LogP contribution in [-0.2, 0) is 20.9 Å². The lowest BCUT2D eigenvalue weighted by Crippen LogP contribution is -2.31. The Hall–Kier alpha value is -3.46. The fourth-order valence-corrected chi connectivity index (χ4v) is 3.78. The molecule has 3 heterocycles. The SMILES string of the molecule is C[C@@H](NC(=O)COC(=O)CCn1cnc2sccc2c1=O)c1cc2ccccc2o1. The molecule has 0 bridgehead atoms. The first-order chi connectivity index (χ1) is 14.5. The zero-order chi connectivity index (χ0) is 21.1. The molecule has 1 N–H and O–H groups in total. The van der Waals surface area contributed by atoms with Gasteiger partial charge in [-0.1, -0.05) is 18.2 Å². The smallest absolute Gasteiger partial charge is 0.308 e. The average Bonchev–Trinajstić information content (AvgIpc) is 3.39. The Balaban J connectivity index is 1.26. The summed E-state index contributed by atoms with van der Waals surface area (Å²) in [7, 11) is 0. The molecule has 1 aromatic carbocycles. The number of carbonyl (C=O) groups excluding carboxylic acids is 2. The van der Waals surface area contributed by atoms with Crippen molar-refractivity contribution in [2.45, 2.75) is 25.9 Å². The van der Waals surface area contributed by atoms with Gasteiger partial charge in [0.2, 0.25) is 0 Å². The Morgan fingerprint density at radius 1 is 1.30 bits per heavy atom. The minimum absolute atomic E-state index is 0.0381. The zero-order valence-electron chi connectivity index (χ0n) is 16.2. The highest BCUT2D eigenvalue weighted by molar-refractivity contribution is 7.16. The molecule has 0 radical (unpaired) electrons. The number of nitrogens with zero attached hydrogens (tertiary/aromatic N) is 2. The number of ether oxygens (including phenoxy) is 1. The number of para-hydroxylation sites is 1. The van der Waals surface area contributed by atoms with Crippen LogP contribution in [0.2, 0.25) is 0 Å². The Morgan fingerprint density at radius 3 is 2.97 bits per heavy atom. The van der Waals surface area contributed by atoms with E-state index >= 15 is 0 Å². The number of aromatic nitrogens is 2. The number of carbonyl (C=O) groups is 2. The van der Waals surface area contributed by atoms with E-state index in [9.17, 15) is 14.4 Å². The number of hydrogen-bond donors (Lipinski definition) is 1. The van der Waals surface area contributed by atoms with Gasteiger partial charge in [0.15, 0.2) is 6.61 Å². The van der Waals surface area contributed by atoms with E-state index in [-0.39, 0.29) is 24.6 Å². The number of fused-ring (bicyclic) bond motifs is 2. The van der Waals surface area contributed by atoms with Crippen molar-refractivity contribution in [2.75, 3.05) is 6.61 Å². The van der Waals surface area contributed by atoms with Gasteiger partial charge in [-0.05, 0) is 30.5 Å². The van der Waals surface area contributed by atoms with Crippen molar-refractivity contribution in [3.05, 3.63) is 64.2 Å². The maximum Gasteiger partial charge on any atom is 0.308 e. The summed E-state index contributed by atoms with van der Waals surface area (Å²) in [5.74, 6) is -0.389. The van der Waals surface area contributed by atoms with Gasteiger partial charge in [-0.25, -0.2) is 4.98 Å². The van der Waals surface area contributed by atoms with Crippen LogP contribution in [0.15, 0.2) is 57.3 Å². The third-order valence-electron chi connectivity index (χ3n) is 4.62. The largest absolute Gasteiger partial charge is 0.459 e. The highest BCUT2D eigenvalue weighted by Gasteiger charge is 2.16. The van der Waals surface area contributed by atoms with E-state index in [0.717, 1.165) is 11.0 Å². The quantitative estimate of drug-likeness (QED) is 0.457. The fourth-order valence-electron chi connectivity index (χ4n) is 3.05. The molecule has 0 aliphatic heterocycles. The van der Waals surface area contributed by atoms with Crippen LogP contribution in [0.1, 0.15) is 25.1 Å². The summed E-state index contributed by atoms with van der Waals surface area (Å²) in [6.45, 7) is 1.52. The minimum Gasteiger partial charge on any atom is -0.459 e. The van der Waals surface area contributed by atoms with Gasteiger partial charge in [0.1, 0.15) is 16.2 Å². The standard InChI is InChI=1S/C21H19N3O5S/c1-13(17-10-14-4-2-3-5-16(14)29-17)23-18(25)11-28-19(26)6-8-24-12-22-20-15(21(24)27)7-9-30-20/h2-5,7,9-10,12-13H,6,8,11H2,1H3,(H,23,25)/t13-/m1/s1. The normalized spacial score (nSPS) is 12.2. The number of esters is 1. The number of aryl methyl sites for hydroxylation is 1. The van der Waals surface area contributed by atoms with Crippen LogP contribution in [0.5, 0.6) is 0 Å². The zero-order valence-corrected chi connectivity index (χ0v) is 17.0. The van der Waals surface area contributed by atoms with E-state index in [1.54, 1.807) is 18.4 Å². The van der Waals surface area contributed by atoms with E-state index in [1.807, 2.05) is 30.3 Å². The van der Waals surface area contributed by atoms with Crippen molar-refractivity contribution in [2.24, 2.45) is 0 Å². The Morgan fingerprint density at radius 2 is 2.13 bits per heavy atom. The van der Waals surface area contributed by atoms with Gasteiger partial charge < -0.3 is 14.5 Å². The van der Waals surface area contributed by atoms with Gasteiger partial charge in [-0.2, -0.15) is 0 Å². The second-order valence-electron chi connectivity index (χ2n) is 6.77. The Labute approximate surface area is 175 Å². The van der Waals surface area contributed by atoms with Crippen LogP contribution < -0.4 is 10.9 Å². The van der Waals surface area contributed by atoms with E-state index < -0.39 is 18.5 Å². The lowest BCUT2D eigenvalue weighted by atomic mass is 10.2. The molecule has 30 heavy (non-hydrogen) atoms. The molecule has 0 saturated carbocycles. The predicted octanol–water partition coefficient (Wildman–Crippen LogP) is 3.01. The topological polar surface area (TPSA) is 103 Å². The molecule has 8 nitrogen and oxygen atoms in total. The molecule has 9 heteroatoms. The molecule has 0 spiro atoms. The van der Waals surface area contributed by atoms with Crippen LogP contribution in [-0.4, -0.2) is 28.0 Å². The third kappa shape index (κ3) is 4.25. The van der Waals surface area contributed by atoms with Crippen molar-refractivity contribution >= 4 is 44.4 Å². The van der Waals surface area contributed by atoms with Crippen LogP contribution in [0.3, 0.4) is 0 Å². The lowest BCUT2D eigenvalue weighted by Gasteiger charge is -2.11. The molecule has 0 aliphatic carbocycles. The summed E-state index contributed by atoms with van der Waals surface area (Å²) in [6, 6.07) is 10.8. The number of amides is 1. The maximum absolute atomic E-state index is 12.3. The van der Waals surface area contributed by atoms with Gasteiger partial charge in [0.25, 0.3) is 11.5 Å². The van der Waals surface area contributed by atoms with Crippen molar-refractivity contribution < 1.29 is 18.7 Å². The number of rotatable bonds is 7. The lowest BCUT2D eigenvalue weighted by molar-refractivity contribution is -0.149. The summed E-state index contributed by atoms with van der Waals surface area (Å²) < 4.78 is 12.1. The molecule has 1 atom stereocenters. The first-order valence-electron chi connectivity index (χ1n) is 9.37. The molecule has 0 unspecified atom stereocenters. The number of furan rings is 1. The molecular weight excluding hydrogens is 406 g/mol. The third-order valence-corrected chi connectivity index (χ3v) is 5.44. The van der Waals surface area contributed by atoms with E-state index in [4.69, 9.17) is 9.15 Å². The molecule has 154 valence electrons. The molecule has 1 amide bonds. The second-order valence-corrected chi connectivity index (χ2v) is 7.66. The summed E-state index contributed by atoms with van der Waals surface area (Å²) in [4.78, 5) is 41.2. The fraction of sp³-hybridized carbons (Fsp3) is 0.238. The van der Waals surface area contributed by atoms with Gasteiger partial charge >= 0.3 is 5.97 Å². The van der Waals surface area contributed by atoms with Crippen molar-refractivity contribution in [3.63, 3.8) is 0 Å². The monoisotopic (exact) mass is 425 g/mol. The van der Waals surface area contributed by atoms with E-state index in [0.29, 0.717) is 16.0 Å². The molecule has 3 aromatic heterocycles. The van der Waals surface area contributed by atoms with Crippen LogP contribution in [0.4, 0.5) is 0 Å². The van der Waals surface area contributed by atoms with Crippen molar-refractivity contribution in [3.8, 4) is 0 Å². The highest BCUT2D eigenvalue weighted by atomic mass is 32.1. The van der Waals surface area contributed by atoms with Gasteiger partial charge in [-0.3, -0.25) is 19.0 Å². The number of nitrogens with one attached hydrogen (secondary N) is 1. The van der Waals surface area contributed by atoms with E-state index in [1.165, 1.54) is 22.2 Å². The first kappa shape index (κ1) is 19.8. The van der Waals surface area contributed by atoms with Gasteiger partial charge in [-0.15, -0.1) is 11.3 Å². The average molecular weight is 425 g/mol. The molecule has 0 saturated heterocycles. The summed E-state index contributed by atoms with van der Waals surface area (Å²) in [5.41, 5.74) is 0.539. The van der Waals surface area contributed by atoms with Crippen molar-refractivity contribution in [1.29, 1.82) is 0 Å². The number of hydrogen-bond acceptors (Lipinski definition) is 7. The molecular formula is C21H19N3O5S. The van der Waals surface area contributed by atoms with Gasteiger partial charge in [0, 0.05) is 11.9 Å². The summed E-state index contributed by atoms with van der Waals surface area (Å²) in [5, 5.41) is 6.01. The highest BCUT2D eigenvalue weighted by Crippen LogP contribution is 2.23. The predicted molar refractivity (Wildman–Crippen MR) is 112 cm³/mol. The molecule has 4 aromatic rings. The van der Waals surface area contributed by atoms with Crippen LogP contribution >= 0.6 is 11.3 Å². The number of benzene rings is 1. The summed E-state index contributed by atoms with van der Waals surface area (Å²) >= 11 is 1.38. The Kier molecular flexibility index (Phi) is 5.62. The molecule has 0 aliphatic rings. The molecule has 4 rings (SSSR count). The summed E-state index contributed by atoms with van der Waals surface area (Å²) in [6.07, 6.45) is 1.37.